The van der Waals surface area contributed by atoms with Crippen molar-refractivity contribution in [3.8, 4) is 17.2 Å². The summed E-state index contributed by atoms with van der Waals surface area (Å²) in [6, 6.07) is 6.03. The Balaban J connectivity index is 2.26. The number of nitrogens with zero attached hydrogens (tertiary/aromatic N) is 1. The van der Waals surface area contributed by atoms with Crippen LogP contribution in [0.4, 0.5) is 0 Å². The maximum atomic E-state index is 11.5. The number of hydrogen-bond acceptors (Lipinski definition) is 5. The van der Waals surface area contributed by atoms with Gasteiger partial charge in [0.25, 0.3) is 0 Å². The van der Waals surface area contributed by atoms with E-state index in [4.69, 9.17) is 16.5 Å². The van der Waals surface area contributed by atoms with Crippen LogP contribution in [-0.4, -0.2) is 32.7 Å². The van der Waals surface area contributed by atoms with Crippen LogP contribution in [0, 0.1) is 14.3 Å². The molecule has 1 amide bonds. The van der Waals surface area contributed by atoms with E-state index in [1.807, 2.05) is 57.3 Å². The Morgan fingerprint density at radius 2 is 1.62 bits per heavy atom. The highest BCUT2D eigenvalue weighted by atomic mass is 127. The first-order valence-corrected chi connectivity index (χ1v) is 12.4. The largest absolute Gasteiger partial charge is 0.506 e. The topological polar surface area (TPSA) is 99.1 Å². The molecule has 0 aromatic heterocycles. The van der Waals surface area contributed by atoms with E-state index in [2.05, 4.69) is 50.6 Å². The summed E-state index contributed by atoms with van der Waals surface area (Å²) >= 11 is 14.0. The number of halogens is 5. The van der Waals surface area contributed by atoms with Gasteiger partial charge in [0, 0.05) is 25.1 Å². The molecule has 0 aliphatic carbocycles. The fraction of sp³-hybridized carbons (Fsp3) is 0.176. The van der Waals surface area contributed by atoms with E-state index in [1.54, 1.807) is 12.1 Å². The fourth-order valence-electron chi connectivity index (χ4n) is 2.20. The monoisotopic (exact) mass is 868 g/mol. The molecule has 0 saturated carbocycles. The van der Waals surface area contributed by atoms with Crippen molar-refractivity contribution in [1.29, 1.82) is 0 Å². The number of nitrogens with one attached hydrogen (secondary N) is 1. The third-order valence-corrected chi connectivity index (χ3v) is 7.13. The SMILES string of the molecule is CC(=O)N(Cl)NC(Cc1cc(I)c(Oc2cc(I)c(O)c(I)c2)c(I)c1)C(=O)O. The summed E-state index contributed by atoms with van der Waals surface area (Å²) in [7, 11) is 0. The van der Waals surface area contributed by atoms with Gasteiger partial charge in [0.1, 0.15) is 17.5 Å². The molecular formula is C17H13ClI4N2O5. The van der Waals surface area contributed by atoms with Gasteiger partial charge in [-0.2, -0.15) is 4.53 Å². The minimum Gasteiger partial charge on any atom is -0.506 e. The van der Waals surface area contributed by atoms with E-state index >= 15 is 0 Å². The maximum Gasteiger partial charge on any atom is 0.322 e. The zero-order valence-corrected chi connectivity index (χ0v) is 23.9. The number of rotatable bonds is 7. The van der Waals surface area contributed by atoms with Crippen LogP contribution in [-0.2, 0) is 16.0 Å². The van der Waals surface area contributed by atoms with E-state index in [1.165, 1.54) is 6.92 Å². The van der Waals surface area contributed by atoms with Gasteiger partial charge in [-0.25, -0.2) is 5.43 Å². The summed E-state index contributed by atoms with van der Waals surface area (Å²) in [5.74, 6) is -0.205. The first-order valence-electron chi connectivity index (χ1n) is 7.78. The molecule has 2 aromatic carbocycles. The molecule has 2 rings (SSSR count). The highest BCUT2D eigenvalue weighted by Gasteiger charge is 2.23. The molecule has 0 aliphatic rings. The van der Waals surface area contributed by atoms with Crippen molar-refractivity contribution in [2.75, 3.05) is 0 Å². The Bertz CT molecular complexity index is 913. The third-order valence-electron chi connectivity index (χ3n) is 3.55. The molecule has 1 atom stereocenters. The Hall–Kier alpha value is 0.150. The normalized spacial score (nSPS) is 11.8. The van der Waals surface area contributed by atoms with Crippen molar-refractivity contribution < 1.29 is 24.5 Å². The van der Waals surface area contributed by atoms with Gasteiger partial charge in [0.05, 0.1) is 14.3 Å². The summed E-state index contributed by atoms with van der Waals surface area (Å²) in [5, 5.41) is 19.3. The van der Waals surface area contributed by atoms with Crippen LogP contribution in [0.15, 0.2) is 24.3 Å². The molecule has 0 fully saturated rings. The fourth-order valence-corrected chi connectivity index (χ4v) is 6.14. The smallest absolute Gasteiger partial charge is 0.322 e. The molecule has 0 saturated heterocycles. The summed E-state index contributed by atoms with van der Waals surface area (Å²) in [6.45, 7) is 1.22. The van der Waals surface area contributed by atoms with Gasteiger partial charge in [-0.15, -0.1) is 0 Å². The summed E-state index contributed by atoms with van der Waals surface area (Å²) in [5.41, 5.74) is 3.21. The highest BCUT2D eigenvalue weighted by Crippen LogP contribution is 2.37. The van der Waals surface area contributed by atoms with E-state index in [-0.39, 0.29) is 12.2 Å². The quantitative estimate of drug-likeness (QED) is 0.204. The van der Waals surface area contributed by atoms with Gasteiger partial charge in [-0.1, -0.05) is 0 Å². The maximum absolute atomic E-state index is 11.5. The second kappa shape index (κ2) is 11.1. The van der Waals surface area contributed by atoms with Crippen molar-refractivity contribution in [3.05, 3.63) is 44.1 Å². The Labute approximate surface area is 226 Å². The lowest BCUT2D eigenvalue weighted by molar-refractivity contribution is -0.141. The number of amides is 1. The number of phenols is 1. The zero-order chi connectivity index (χ0) is 21.9. The number of carboxylic acid groups (broad SMARTS) is 1. The molecular weight excluding hydrogens is 855 g/mol. The summed E-state index contributed by atoms with van der Waals surface area (Å²) < 4.78 is 9.60. The average molecular weight is 868 g/mol. The third kappa shape index (κ3) is 7.08. The van der Waals surface area contributed by atoms with Gasteiger partial charge >= 0.3 is 5.97 Å². The van der Waals surface area contributed by atoms with Gasteiger partial charge in [-0.3, -0.25) is 9.59 Å². The predicted molar refractivity (Wildman–Crippen MR) is 142 cm³/mol. The van der Waals surface area contributed by atoms with E-state index in [0.717, 1.165) is 12.7 Å². The number of hydrazine groups is 1. The minimum absolute atomic E-state index is 0.118. The molecule has 0 spiro atoms. The van der Waals surface area contributed by atoms with Crippen LogP contribution in [0.1, 0.15) is 12.5 Å². The van der Waals surface area contributed by atoms with Crippen LogP contribution in [0.3, 0.4) is 0 Å². The lowest BCUT2D eigenvalue weighted by Gasteiger charge is -2.20. The number of carbonyl (C=O) groups excluding carboxylic acids is 1. The molecule has 29 heavy (non-hydrogen) atoms. The van der Waals surface area contributed by atoms with Gasteiger partial charge in [0.15, 0.2) is 5.75 Å². The Morgan fingerprint density at radius 3 is 2.07 bits per heavy atom. The highest BCUT2D eigenvalue weighted by molar-refractivity contribution is 14.1. The predicted octanol–water partition coefficient (Wildman–Crippen LogP) is 5.11. The van der Waals surface area contributed by atoms with E-state index < -0.39 is 17.9 Å². The standard InChI is InChI=1S/C17H13ClI4N2O5/c1-7(25)24(18)23-14(17(27)28)4-8-2-12(21)16(13(22)3-8)29-9-5-10(19)15(26)11(20)6-9/h2-3,5-6,14,23,26H,4H2,1H3,(H,27,28). The van der Waals surface area contributed by atoms with Crippen LogP contribution < -0.4 is 10.2 Å². The average Bonchev–Trinajstić information content (AvgIpc) is 2.61. The minimum atomic E-state index is -1.13. The van der Waals surface area contributed by atoms with Crippen LogP contribution in [0.5, 0.6) is 17.2 Å². The summed E-state index contributed by atoms with van der Waals surface area (Å²) in [6.07, 6.45) is 0.118. The number of ether oxygens (including phenoxy) is 1. The number of hydrogen-bond donors (Lipinski definition) is 3. The molecule has 1 unspecified atom stereocenters. The lowest BCUT2D eigenvalue weighted by atomic mass is 10.1. The second-order valence-corrected chi connectivity index (χ2v) is 10.7. The molecule has 2 aromatic rings. The molecule has 0 aliphatic heterocycles. The van der Waals surface area contributed by atoms with Gasteiger partial charge < -0.3 is 14.9 Å². The van der Waals surface area contributed by atoms with Crippen molar-refractivity contribution in [2.45, 2.75) is 19.4 Å². The van der Waals surface area contributed by atoms with Gasteiger partial charge in [0.2, 0.25) is 5.91 Å². The van der Waals surface area contributed by atoms with Crippen molar-refractivity contribution >= 4 is 114 Å². The number of aliphatic carboxylic acids is 1. The van der Waals surface area contributed by atoms with Crippen molar-refractivity contribution in [3.63, 3.8) is 0 Å². The summed E-state index contributed by atoms with van der Waals surface area (Å²) in [4.78, 5) is 22.8. The van der Waals surface area contributed by atoms with Crippen LogP contribution >= 0.6 is 102 Å². The molecule has 3 N–H and O–H groups in total. The molecule has 0 bridgehead atoms. The number of aromatic hydroxyl groups is 1. The lowest BCUT2D eigenvalue weighted by Crippen LogP contribution is -2.47. The Morgan fingerprint density at radius 1 is 1.10 bits per heavy atom. The number of carbonyl (C=O) groups is 2. The van der Waals surface area contributed by atoms with Crippen molar-refractivity contribution in [1.82, 2.24) is 9.95 Å². The number of carboxylic acids is 1. The Kier molecular flexibility index (Phi) is 9.77. The molecule has 0 heterocycles. The van der Waals surface area contributed by atoms with Crippen LogP contribution in [0.2, 0.25) is 0 Å². The number of phenolic OH excluding ortho intramolecular Hbond substituents is 1. The van der Waals surface area contributed by atoms with E-state index in [0.29, 0.717) is 23.2 Å². The zero-order valence-electron chi connectivity index (χ0n) is 14.6. The molecule has 7 nitrogen and oxygen atoms in total. The first kappa shape index (κ1) is 25.4. The number of benzene rings is 2. The van der Waals surface area contributed by atoms with E-state index in [9.17, 15) is 19.8 Å². The second-order valence-electron chi connectivity index (χ2n) is 5.75. The molecule has 12 heteroatoms. The van der Waals surface area contributed by atoms with Crippen molar-refractivity contribution in [2.24, 2.45) is 0 Å². The molecule has 156 valence electrons. The molecule has 0 radical (unpaired) electrons. The first-order chi connectivity index (χ1) is 13.5. The van der Waals surface area contributed by atoms with Crippen LogP contribution in [0.25, 0.3) is 0 Å². The van der Waals surface area contributed by atoms with Gasteiger partial charge in [-0.05, 0) is 120 Å².